The van der Waals surface area contributed by atoms with Gasteiger partial charge in [-0.1, -0.05) is 30.4 Å². The molecule has 0 saturated carbocycles. The van der Waals surface area contributed by atoms with Crippen molar-refractivity contribution < 1.29 is 0 Å². The van der Waals surface area contributed by atoms with Crippen molar-refractivity contribution in [2.75, 3.05) is 0 Å². The summed E-state index contributed by atoms with van der Waals surface area (Å²) in [6.07, 6.45) is 4.05. The molecular weight excluding hydrogens is 254 g/mol. The molecule has 2 atom stereocenters. The number of aromatic nitrogens is 3. The van der Waals surface area contributed by atoms with Gasteiger partial charge in [-0.05, 0) is 30.5 Å². The van der Waals surface area contributed by atoms with Gasteiger partial charge in [0.05, 0.1) is 6.04 Å². The molecule has 2 aliphatic heterocycles. The van der Waals surface area contributed by atoms with Crippen molar-refractivity contribution in [3.63, 3.8) is 0 Å². The molecule has 0 unspecified atom stereocenters. The second-order valence-corrected chi connectivity index (χ2v) is 5.77. The Labute approximate surface area is 115 Å². The number of benzene rings is 1. The van der Waals surface area contributed by atoms with Crippen LogP contribution in [0.25, 0.3) is 0 Å². The molecule has 0 saturated heterocycles. The van der Waals surface area contributed by atoms with Crippen LogP contribution in [-0.4, -0.2) is 13.9 Å². The molecule has 0 amide bonds. The summed E-state index contributed by atoms with van der Waals surface area (Å²) in [4.78, 5) is 24.8. The van der Waals surface area contributed by atoms with Crippen LogP contribution in [0, 0.1) is 6.92 Å². The summed E-state index contributed by atoms with van der Waals surface area (Å²) in [6, 6.07) is 5.92. The van der Waals surface area contributed by atoms with Gasteiger partial charge in [0.2, 0.25) is 0 Å². The van der Waals surface area contributed by atoms with Crippen molar-refractivity contribution >= 4 is 0 Å². The van der Waals surface area contributed by atoms with Crippen LogP contribution in [0.1, 0.15) is 29.7 Å². The topological polar surface area (TPSA) is 48.9 Å². The molecule has 2 aromatic rings. The number of rotatable bonds is 0. The van der Waals surface area contributed by atoms with Crippen LogP contribution in [0.5, 0.6) is 0 Å². The van der Waals surface area contributed by atoms with Gasteiger partial charge in [-0.2, -0.15) is 0 Å². The first-order chi connectivity index (χ1) is 9.47. The first-order valence-corrected chi connectivity index (χ1v) is 6.67. The Morgan fingerprint density at radius 1 is 1.20 bits per heavy atom. The van der Waals surface area contributed by atoms with Crippen LogP contribution in [0.3, 0.4) is 0 Å². The van der Waals surface area contributed by atoms with E-state index in [1.54, 1.807) is 9.36 Å². The van der Waals surface area contributed by atoms with Crippen LogP contribution in [-0.2, 0) is 12.6 Å². The molecule has 102 valence electrons. The Bertz CT molecular complexity index is 897. The molecule has 0 N–H and O–H groups in total. The zero-order valence-electron chi connectivity index (χ0n) is 11.6. The molecule has 1 aliphatic carbocycles. The minimum Gasteiger partial charge on any atom is -0.246 e. The molecule has 5 rings (SSSR count). The van der Waals surface area contributed by atoms with Gasteiger partial charge in [0, 0.05) is 7.05 Å². The van der Waals surface area contributed by atoms with Gasteiger partial charge < -0.3 is 0 Å². The summed E-state index contributed by atoms with van der Waals surface area (Å²) in [5.41, 5.74) is 2.29. The number of aryl methyl sites for hydroxylation is 1. The Hall–Kier alpha value is -2.30. The zero-order chi connectivity index (χ0) is 14.2. The third kappa shape index (κ3) is 1.02. The van der Waals surface area contributed by atoms with Crippen LogP contribution >= 0.6 is 0 Å². The lowest BCUT2D eigenvalue weighted by atomic mass is 9.77. The summed E-state index contributed by atoms with van der Waals surface area (Å²) >= 11 is 0. The van der Waals surface area contributed by atoms with E-state index in [9.17, 15) is 9.59 Å². The molecule has 3 aliphatic rings. The first kappa shape index (κ1) is 11.5. The highest BCUT2D eigenvalue weighted by Gasteiger charge is 2.45. The van der Waals surface area contributed by atoms with E-state index in [4.69, 9.17) is 0 Å². The van der Waals surface area contributed by atoms with Crippen LogP contribution in [0.15, 0.2) is 39.9 Å². The fourth-order valence-corrected chi connectivity index (χ4v) is 3.59. The number of allylic oxidation sites excluding steroid dienone is 2. The van der Waals surface area contributed by atoms with E-state index in [1.807, 2.05) is 44.2 Å². The number of hydrogen-bond donors (Lipinski definition) is 0. The van der Waals surface area contributed by atoms with Gasteiger partial charge in [0.1, 0.15) is 5.54 Å². The molecule has 1 aromatic carbocycles. The van der Waals surface area contributed by atoms with Gasteiger partial charge in [-0.25, -0.2) is 23.5 Å². The summed E-state index contributed by atoms with van der Waals surface area (Å²) in [5.74, 6) is 0. The maximum atomic E-state index is 12.4. The lowest BCUT2D eigenvalue weighted by Gasteiger charge is -2.43. The third-order valence-electron chi connectivity index (χ3n) is 4.64. The fourth-order valence-electron chi connectivity index (χ4n) is 3.59. The summed E-state index contributed by atoms with van der Waals surface area (Å²) in [6.45, 7) is 4.03. The molecule has 20 heavy (non-hydrogen) atoms. The van der Waals surface area contributed by atoms with Crippen molar-refractivity contribution in [2.24, 2.45) is 7.05 Å². The lowest BCUT2D eigenvalue weighted by molar-refractivity contribution is 0.282. The quantitative estimate of drug-likeness (QED) is 0.667. The maximum Gasteiger partial charge on any atom is 0.348 e. The van der Waals surface area contributed by atoms with E-state index in [0.717, 1.165) is 16.7 Å². The Balaban J connectivity index is 2.23. The van der Waals surface area contributed by atoms with Gasteiger partial charge in [0.15, 0.2) is 0 Å². The molecule has 0 fully saturated rings. The minimum absolute atomic E-state index is 0.186. The Morgan fingerprint density at radius 2 is 1.95 bits per heavy atom. The average Bonchev–Trinajstić information content (AvgIpc) is 2.67. The van der Waals surface area contributed by atoms with Gasteiger partial charge in [0.25, 0.3) is 0 Å². The lowest BCUT2D eigenvalue weighted by Crippen LogP contribution is -2.50. The van der Waals surface area contributed by atoms with E-state index >= 15 is 0 Å². The van der Waals surface area contributed by atoms with Crippen LogP contribution in [0.2, 0.25) is 0 Å². The van der Waals surface area contributed by atoms with Crippen molar-refractivity contribution in [2.45, 2.75) is 25.4 Å². The van der Waals surface area contributed by atoms with E-state index < -0.39 is 5.54 Å². The predicted octanol–water partition coefficient (Wildman–Crippen LogP) is 0.893. The SMILES string of the molecule is Cc1cccc2c1[C@H]1C=C[C@]2(C)n2c(=O)n(C)c(=O)n21. The smallest absolute Gasteiger partial charge is 0.246 e. The molecule has 5 nitrogen and oxygen atoms in total. The molecule has 0 radical (unpaired) electrons. The standard InChI is InChI=1S/C15H15N3O2/c1-9-5-4-6-10-12(9)11-7-8-15(10,2)18-14(20)16(3)13(19)17(11)18/h4-8,11H,1-3H3/t11-,15+/m1/s1. The summed E-state index contributed by atoms with van der Waals surface area (Å²) in [5, 5.41) is 0. The van der Waals surface area contributed by atoms with Crippen molar-refractivity contribution in [1.29, 1.82) is 0 Å². The van der Waals surface area contributed by atoms with Crippen molar-refractivity contribution in [1.82, 2.24) is 13.9 Å². The van der Waals surface area contributed by atoms with Crippen molar-refractivity contribution in [3.05, 3.63) is 68.0 Å². The largest absolute Gasteiger partial charge is 0.348 e. The summed E-state index contributed by atoms with van der Waals surface area (Å²) < 4.78 is 4.35. The molecule has 0 spiro atoms. The highest BCUT2D eigenvalue weighted by molar-refractivity contribution is 5.50. The normalized spacial score (nSPS) is 25.6. The molecule has 5 heteroatoms. The van der Waals surface area contributed by atoms with Gasteiger partial charge in [-0.3, -0.25) is 0 Å². The minimum atomic E-state index is -0.590. The molecular formula is C15H15N3O2. The number of hydrogen-bond acceptors (Lipinski definition) is 2. The fraction of sp³-hybridized carbons (Fsp3) is 0.333. The van der Waals surface area contributed by atoms with Gasteiger partial charge in [-0.15, -0.1) is 0 Å². The highest BCUT2D eigenvalue weighted by atomic mass is 16.2. The first-order valence-electron chi connectivity index (χ1n) is 6.67. The number of nitrogens with zero attached hydrogens (tertiary/aromatic N) is 3. The highest BCUT2D eigenvalue weighted by Crippen LogP contribution is 2.44. The Morgan fingerprint density at radius 3 is 2.70 bits per heavy atom. The van der Waals surface area contributed by atoms with E-state index in [2.05, 4.69) is 0 Å². The second kappa shape index (κ2) is 3.23. The predicted molar refractivity (Wildman–Crippen MR) is 75.1 cm³/mol. The van der Waals surface area contributed by atoms with E-state index in [0.29, 0.717) is 0 Å². The molecule has 2 bridgehead atoms. The van der Waals surface area contributed by atoms with E-state index in [1.165, 1.54) is 11.6 Å². The Kier molecular flexibility index (Phi) is 1.86. The zero-order valence-corrected chi connectivity index (χ0v) is 11.6. The summed E-state index contributed by atoms with van der Waals surface area (Å²) in [7, 11) is 1.53. The third-order valence-corrected chi connectivity index (χ3v) is 4.64. The van der Waals surface area contributed by atoms with Gasteiger partial charge >= 0.3 is 11.4 Å². The van der Waals surface area contributed by atoms with Crippen molar-refractivity contribution in [3.8, 4) is 0 Å². The van der Waals surface area contributed by atoms with E-state index in [-0.39, 0.29) is 17.4 Å². The average molecular weight is 269 g/mol. The molecule has 3 heterocycles. The molecule has 1 aromatic heterocycles. The maximum absolute atomic E-state index is 12.4. The second-order valence-electron chi connectivity index (χ2n) is 5.77. The monoisotopic (exact) mass is 269 g/mol. The van der Waals surface area contributed by atoms with Crippen LogP contribution in [0.4, 0.5) is 0 Å². The van der Waals surface area contributed by atoms with Crippen LogP contribution < -0.4 is 11.4 Å².